The maximum atomic E-state index is 5.99. The molecule has 4 aromatic rings. The SMILES string of the molecule is CSc1ccc(Oc2cccc(CNCCc3c[nH]c4ccccc34)c2)cc1. The zero-order valence-electron chi connectivity index (χ0n) is 15.9. The second-order valence-electron chi connectivity index (χ2n) is 6.71. The lowest BCUT2D eigenvalue weighted by atomic mass is 10.1. The standard InChI is InChI=1S/C24H24N2OS/c1-28-22-11-9-20(10-12-22)27-21-6-4-5-18(15-21)16-25-14-13-19-17-26-24-8-3-2-7-23(19)24/h2-12,15,17,25-26H,13-14,16H2,1H3. The molecule has 4 heteroatoms. The fraction of sp³-hybridized carbons (Fsp3) is 0.167. The average Bonchev–Trinajstić information content (AvgIpc) is 3.15. The molecule has 28 heavy (non-hydrogen) atoms. The minimum atomic E-state index is 0.824. The Morgan fingerprint density at radius 2 is 1.79 bits per heavy atom. The first kappa shape index (κ1) is 18.7. The van der Waals surface area contributed by atoms with Gasteiger partial charge in [0.2, 0.25) is 0 Å². The number of aromatic nitrogens is 1. The third-order valence-electron chi connectivity index (χ3n) is 4.77. The van der Waals surface area contributed by atoms with Gasteiger partial charge in [0, 0.05) is 28.5 Å². The molecule has 1 aromatic heterocycles. The first-order valence-electron chi connectivity index (χ1n) is 9.48. The summed E-state index contributed by atoms with van der Waals surface area (Å²) in [6.07, 6.45) is 5.19. The quantitative estimate of drug-likeness (QED) is 0.286. The molecule has 3 nitrogen and oxygen atoms in total. The van der Waals surface area contributed by atoms with Crippen LogP contribution in [0.2, 0.25) is 0 Å². The first-order chi connectivity index (χ1) is 13.8. The number of fused-ring (bicyclic) bond motifs is 1. The van der Waals surface area contributed by atoms with Crippen molar-refractivity contribution in [3.8, 4) is 11.5 Å². The summed E-state index contributed by atoms with van der Waals surface area (Å²) < 4.78 is 5.99. The number of rotatable bonds is 8. The molecule has 0 radical (unpaired) electrons. The lowest BCUT2D eigenvalue weighted by Gasteiger charge is -2.09. The number of hydrogen-bond donors (Lipinski definition) is 2. The van der Waals surface area contributed by atoms with Crippen molar-refractivity contribution in [2.24, 2.45) is 0 Å². The van der Waals surface area contributed by atoms with E-state index in [1.54, 1.807) is 11.8 Å². The Bertz CT molecular complexity index is 1040. The van der Waals surface area contributed by atoms with E-state index in [1.807, 2.05) is 24.3 Å². The molecule has 0 saturated carbocycles. The molecule has 1 heterocycles. The van der Waals surface area contributed by atoms with Crippen LogP contribution in [-0.2, 0) is 13.0 Å². The van der Waals surface area contributed by atoms with Crippen molar-refractivity contribution in [1.82, 2.24) is 10.3 Å². The molecule has 0 bridgehead atoms. The number of H-pyrrole nitrogens is 1. The Morgan fingerprint density at radius 1 is 0.929 bits per heavy atom. The molecule has 2 N–H and O–H groups in total. The van der Waals surface area contributed by atoms with Crippen LogP contribution in [0.15, 0.2) is 83.9 Å². The Kier molecular flexibility index (Phi) is 6.00. The number of ether oxygens (including phenoxy) is 1. The summed E-state index contributed by atoms with van der Waals surface area (Å²) in [4.78, 5) is 4.58. The minimum absolute atomic E-state index is 0.824. The summed E-state index contributed by atoms with van der Waals surface area (Å²) in [6.45, 7) is 1.76. The molecule has 0 aliphatic heterocycles. The van der Waals surface area contributed by atoms with Gasteiger partial charge in [-0.3, -0.25) is 0 Å². The van der Waals surface area contributed by atoms with Crippen LogP contribution in [0, 0.1) is 0 Å². The largest absolute Gasteiger partial charge is 0.457 e. The van der Waals surface area contributed by atoms with Gasteiger partial charge in [0.05, 0.1) is 0 Å². The molecule has 0 fully saturated rings. The van der Waals surface area contributed by atoms with Crippen LogP contribution in [-0.4, -0.2) is 17.8 Å². The van der Waals surface area contributed by atoms with Crippen LogP contribution >= 0.6 is 11.8 Å². The number of hydrogen-bond acceptors (Lipinski definition) is 3. The van der Waals surface area contributed by atoms with E-state index >= 15 is 0 Å². The van der Waals surface area contributed by atoms with Gasteiger partial charge in [-0.05, 0) is 72.8 Å². The van der Waals surface area contributed by atoms with Crippen LogP contribution in [0.1, 0.15) is 11.1 Å². The van der Waals surface area contributed by atoms with Crippen LogP contribution < -0.4 is 10.1 Å². The van der Waals surface area contributed by atoms with Gasteiger partial charge in [-0.15, -0.1) is 11.8 Å². The summed E-state index contributed by atoms with van der Waals surface area (Å²) in [5, 5.41) is 4.85. The van der Waals surface area contributed by atoms with Crippen molar-refractivity contribution in [2.45, 2.75) is 17.9 Å². The Hall–Kier alpha value is -2.69. The van der Waals surface area contributed by atoms with Gasteiger partial charge in [0.15, 0.2) is 0 Å². The van der Waals surface area contributed by atoms with Gasteiger partial charge < -0.3 is 15.0 Å². The van der Waals surface area contributed by atoms with E-state index in [9.17, 15) is 0 Å². The summed E-state index contributed by atoms with van der Waals surface area (Å²) in [5.41, 5.74) is 3.78. The van der Waals surface area contributed by atoms with E-state index in [1.165, 1.54) is 26.9 Å². The van der Waals surface area contributed by atoms with E-state index in [-0.39, 0.29) is 0 Å². The number of benzene rings is 3. The van der Waals surface area contributed by atoms with Crippen LogP contribution in [0.3, 0.4) is 0 Å². The van der Waals surface area contributed by atoms with Crippen molar-refractivity contribution in [3.05, 3.63) is 90.1 Å². The molecule has 0 aliphatic carbocycles. The highest BCUT2D eigenvalue weighted by Crippen LogP contribution is 2.25. The predicted octanol–water partition coefficient (Wildman–Crippen LogP) is 6.01. The van der Waals surface area contributed by atoms with Gasteiger partial charge in [-0.25, -0.2) is 0 Å². The molecule has 0 aliphatic rings. The topological polar surface area (TPSA) is 37.0 Å². The van der Waals surface area contributed by atoms with Gasteiger partial charge in [0.25, 0.3) is 0 Å². The van der Waals surface area contributed by atoms with Crippen LogP contribution in [0.4, 0.5) is 0 Å². The van der Waals surface area contributed by atoms with Crippen molar-refractivity contribution >= 4 is 22.7 Å². The lowest BCUT2D eigenvalue weighted by molar-refractivity contribution is 0.481. The fourth-order valence-corrected chi connectivity index (χ4v) is 3.70. The smallest absolute Gasteiger partial charge is 0.127 e. The lowest BCUT2D eigenvalue weighted by Crippen LogP contribution is -2.16. The third kappa shape index (κ3) is 4.58. The fourth-order valence-electron chi connectivity index (χ4n) is 3.29. The van der Waals surface area contributed by atoms with Crippen molar-refractivity contribution in [1.29, 1.82) is 0 Å². The zero-order valence-corrected chi connectivity index (χ0v) is 16.8. The summed E-state index contributed by atoms with van der Waals surface area (Å²) >= 11 is 1.73. The number of aromatic amines is 1. The maximum absolute atomic E-state index is 5.99. The van der Waals surface area contributed by atoms with E-state index < -0.39 is 0 Å². The van der Waals surface area contributed by atoms with Gasteiger partial charge in [0.1, 0.15) is 11.5 Å². The third-order valence-corrected chi connectivity index (χ3v) is 5.51. The molecule has 0 atom stereocenters. The number of nitrogens with one attached hydrogen (secondary N) is 2. The molecule has 0 spiro atoms. The molecule has 0 saturated heterocycles. The molecule has 142 valence electrons. The van der Waals surface area contributed by atoms with E-state index in [0.717, 1.165) is 31.0 Å². The monoisotopic (exact) mass is 388 g/mol. The van der Waals surface area contributed by atoms with Crippen molar-refractivity contribution in [3.63, 3.8) is 0 Å². The van der Waals surface area contributed by atoms with Crippen LogP contribution in [0.5, 0.6) is 11.5 Å². The predicted molar refractivity (Wildman–Crippen MR) is 118 cm³/mol. The maximum Gasteiger partial charge on any atom is 0.127 e. The number of thioether (sulfide) groups is 1. The second kappa shape index (κ2) is 9.00. The highest BCUT2D eigenvalue weighted by molar-refractivity contribution is 7.98. The van der Waals surface area contributed by atoms with Gasteiger partial charge >= 0.3 is 0 Å². The van der Waals surface area contributed by atoms with Crippen molar-refractivity contribution < 1.29 is 4.74 Å². The zero-order chi connectivity index (χ0) is 19.2. The Morgan fingerprint density at radius 3 is 2.64 bits per heavy atom. The molecule has 0 unspecified atom stereocenters. The number of para-hydroxylation sites is 1. The minimum Gasteiger partial charge on any atom is -0.457 e. The van der Waals surface area contributed by atoms with Gasteiger partial charge in [-0.1, -0.05) is 30.3 Å². The Balaban J connectivity index is 1.30. The second-order valence-corrected chi connectivity index (χ2v) is 7.59. The normalized spacial score (nSPS) is 11.0. The molecule has 4 rings (SSSR count). The van der Waals surface area contributed by atoms with Gasteiger partial charge in [-0.2, -0.15) is 0 Å². The first-order valence-corrected chi connectivity index (χ1v) is 10.7. The van der Waals surface area contributed by atoms with Crippen LogP contribution in [0.25, 0.3) is 10.9 Å². The molecular formula is C24H24N2OS. The van der Waals surface area contributed by atoms with Crippen molar-refractivity contribution in [2.75, 3.05) is 12.8 Å². The average molecular weight is 389 g/mol. The van der Waals surface area contributed by atoms with E-state index in [0.29, 0.717) is 0 Å². The summed E-state index contributed by atoms with van der Waals surface area (Å²) in [7, 11) is 0. The molecule has 3 aromatic carbocycles. The highest BCUT2D eigenvalue weighted by atomic mass is 32.2. The highest BCUT2D eigenvalue weighted by Gasteiger charge is 2.03. The summed E-state index contributed by atoms with van der Waals surface area (Å²) in [6, 6.07) is 24.9. The van der Waals surface area contributed by atoms with E-state index in [4.69, 9.17) is 4.74 Å². The Labute approximate surface area is 170 Å². The molecule has 0 amide bonds. The van der Waals surface area contributed by atoms with E-state index in [2.05, 4.69) is 71.3 Å². The molecular weight excluding hydrogens is 364 g/mol. The summed E-state index contributed by atoms with van der Waals surface area (Å²) in [5.74, 6) is 1.73.